The van der Waals surface area contributed by atoms with E-state index in [0.29, 0.717) is 13.1 Å². The molecule has 2 aliphatic rings. The Morgan fingerprint density at radius 2 is 1.55 bits per heavy atom. The van der Waals surface area contributed by atoms with Gasteiger partial charge in [-0.1, -0.05) is 31.4 Å². The summed E-state index contributed by atoms with van der Waals surface area (Å²) in [5.41, 5.74) is 2.37. The number of carbonyl (C=O) groups excluding carboxylic acids is 1. The van der Waals surface area contributed by atoms with E-state index in [0.717, 1.165) is 25.6 Å². The zero-order valence-corrected chi connectivity index (χ0v) is 18.8. The summed E-state index contributed by atoms with van der Waals surface area (Å²) in [6.07, 6.45) is 8.28. The van der Waals surface area contributed by atoms with Crippen LogP contribution in [0.2, 0.25) is 0 Å². The Morgan fingerprint density at radius 3 is 2.24 bits per heavy atom. The Labute approximate surface area is 177 Å². The molecule has 1 heterocycles. The van der Waals surface area contributed by atoms with E-state index in [1.54, 1.807) is 0 Å². The summed E-state index contributed by atoms with van der Waals surface area (Å²) in [6.45, 7) is 6.85. The Morgan fingerprint density at radius 1 is 0.897 bits per heavy atom. The summed E-state index contributed by atoms with van der Waals surface area (Å²) < 4.78 is 0. The standard InChI is InChI=1S/C24H40N4O/c1-25(2)23-12-10-22(11-13-23)18-26(3)24(29)20-28-15-7-14-27(16-17-28)19-21-8-5-4-6-9-21/h10-13,21H,4-9,14-20H2,1-3H3. The highest BCUT2D eigenvalue weighted by Gasteiger charge is 2.22. The van der Waals surface area contributed by atoms with Crippen molar-refractivity contribution in [3.8, 4) is 0 Å². The molecule has 3 rings (SSSR count). The number of benzene rings is 1. The van der Waals surface area contributed by atoms with Crippen LogP contribution in [0.1, 0.15) is 44.1 Å². The van der Waals surface area contributed by atoms with Crippen molar-refractivity contribution in [2.75, 3.05) is 65.3 Å². The first-order valence-electron chi connectivity index (χ1n) is 11.5. The molecule has 1 aliphatic heterocycles. The Hall–Kier alpha value is -1.59. The molecule has 1 aliphatic carbocycles. The quantitative estimate of drug-likeness (QED) is 0.703. The van der Waals surface area contributed by atoms with Crippen LogP contribution in [0.4, 0.5) is 5.69 Å². The lowest BCUT2D eigenvalue weighted by atomic mass is 9.89. The third kappa shape index (κ3) is 7.00. The zero-order valence-electron chi connectivity index (χ0n) is 18.8. The van der Waals surface area contributed by atoms with Gasteiger partial charge in [0, 0.05) is 53.0 Å². The number of hydrogen-bond acceptors (Lipinski definition) is 4. The first kappa shape index (κ1) is 22.1. The maximum atomic E-state index is 12.8. The zero-order chi connectivity index (χ0) is 20.6. The van der Waals surface area contributed by atoms with Gasteiger partial charge in [0.15, 0.2) is 0 Å². The van der Waals surface area contributed by atoms with Gasteiger partial charge < -0.3 is 14.7 Å². The summed E-state index contributed by atoms with van der Waals surface area (Å²) in [6, 6.07) is 8.47. The van der Waals surface area contributed by atoms with Gasteiger partial charge in [-0.3, -0.25) is 9.69 Å². The van der Waals surface area contributed by atoms with E-state index in [4.69, 9.17) is 0 Å². The molecule has 1 aromatic carbocycles. The van der Waals surface area contributed by atoms with Crippen LogP contribution in [0.25, 0.3) is 0 Å². The number of nitrogens with zero attached hydrogens (tertiary/aromatic N) is 4. The fourth-order valence-corrected chi connectivity index (χ4v) is 4.67. The highest BCUT2D eigenvalue weighted by atomic mass is 16.2. The van der Waals surface area contributed by atoms with Gasteiger partial charge in [-0.2, -0.15) is 0 Å². The SMILES string of the molecule is CN(Cc1ccc(N(C)C)cc1)C(=O)CN1CCCN(CC2CCCCC2)CC1. The first-order valence-corrected chi connectivity index (χ1v) is 11.5. The van der Waals surface area contributed by atoms with E-state index in [9.17, 15) is 4.79 Å². The molecule has 29 heavy (non-hydrogen) atoms. The Balaban J connectivity index is 1.42. The van der Waals surface area contributed by atoms with Gasteiger partial charge in [-0.15, -0.1) is 0 Å². The van der Waals surface area contributed by atoms with Crippen LogP contribution in [-0.2, 0) is 11.3 Å². The van der Waals surface area contributed by atoms with Crippen LogP contribution >= 0.6 is 0 Å². The van der Waals surface area contributed by atoms with E-state index in [1.165, 1.54) is 62.9 Å². The molecule has 1 saturated carbocycles. The van der Waals surface area contributed by atoms with Crippen LogP contribution in [0.15, 0.2) is 24.3 Å². The maximum Gasteiger partial charge on any atom is 0.236 e. The van der Waals surface area contributed by atoms with Gasteiger partial charge in [0.1, 0.15) is 0 Å². The maximum absolute atomic E-state index is 12.8. The highest BCUT2D eigenvalue weighted by Crippen LogP contribution is 2.24. The number of hydrogen-bond donors (Lipinski definition) is 0. The summed E-state index contributed by atoms with van der Waals surface area (Å²) in [5.74, 6) is 1.13. The van der Waals surface area contributed by atoms with Gasteiger partial charge in [-0.25, -0.2) is 0 Å². The van der Waals surface area contributed by atoms with Gasteiger partial charge in [0.25, 0.3) is 0 Å². The van der Waals surface area contributed by atoms with Crippen molar-refractivity contribution in [1.82, 2.24) is 14.7 Å². The van der Waals surface area contributed by atoms with E-state index in [2.05, 4.69) is 39.0 Å². The van der Waals surface area contributed by atoms with E-state index in [1.807, 2.05) is 26.0 Å². The molecule has 5 nitrogen and oxygen atoms in total. The smallest absolute Gasteiger partial charge is 0.236 e. The molecule has 0 atom stereocenters. The minimum Gasteiger partial charge on any atom is -0.378 e. The number of amides is 1. The lowest BCUT2D eigenvalue weighted by Crippen LogP contribution is -2.40. The summed E-state index contributed by atoms with van der Waals surface area (Å²) in [5, 5.41) is 0. The molecule has 0 spiro atoms. The van der Waals surface area contributed by atoms with Gasteiger partial charge in [0.2, 0.25) is 5.91 Å². The monoisotopic (exact) mass is 400 g/mol. The molecule has 0 aromatic heterocycles. The molecule has 0 radical (unpaired) electrons. The first-order chi connectivity index (χ1) is 14.0. The van der Waals surface area contributed by atoms with E-state index >= 15 is 0 Å². The Bertz CT molecular complexity index is 624. The average Bonchev–Trinajstić information content (AvgIpc) is 2.94. The molecule has 1 amide bonds. The predicted octanol–water partition coefficient (Wildman–Crippen LogP) is 3.30. The number of carbonyl (C=O) groups is 1. The summed E-state index contributed by atoms with van der Waals surface area (Å²) in [7, 11) is 6.01. The van der Waals surface area contributed by atoms with Crippen LogP contribution in [0, 0.1) is 5.92 Å². The fraction of sp³-hybridized carbons (Fsp3) is 0.708. The molecule has 162 valence electrons. The van der Waals surface area contributed by atoms with Crippen molar-refractivity contribution >= 4 is 11.6 Å². The third-order valence-electron chi connectivity index (χ3n) is 6.58. The largest absolute Gasteiger partial charge is 0.378 e. The van der Waals surface area contributed by atoms with Gasteiger partial charge in [0.05, 0.1) is 6.54 Å². The topological polar surface area (TPSA) is 30.0 Å². The second-order valence-electron chi connectivity index (χ2n) is 9.25. The average molecular weight is 401 g/mol. The van der Waals surface area contributed by atoms with E-state index < -0.39 is 0 Å². The van der Waals surface area contributed by atoms with Crippen LogP contribution < -0.4 is 4.90 Å². The van der Waals surface area contributed by atoms with Gasteiger partial charge >= 0.3 is 0 Å². The molecular formula is C24H40N4O. The lowest BCUT2D eigenvalue weighted by molar-refractivity contribution is -0.131. The fourth-order valence-electron chi connectivity index (χ4n) is 4.67. The van der Waals surface area contributed by atoms with Gasteiger partial charge in [-0.05, 0) is 56.0 Å². The summed E-state index contributed by atoms with van der Waals surface area (Å²) >= 11 is 0. The highest BCUT2D eigenvalue weighted by molar-refractivity contribution is 5.78. The van der Waals surface area contributed by atoms with Crippen molar-refractivity contribution < 1.29 is 4.79 Å². The van der Waals surface area contributed by atoms with Crippen LogP contribution in [-0.4, -0.2) is 81.0 Å². The minimum absolute atomic E-state index is 0.224. The molecule has 1 aromatic rings. The van der Waals surface area contributed by atoms with Crippen molar-refractivity contribution in [3.05, 3.63) is 29.8 Å². The molecule has 0 unspecified atom stereocenters. The second-order valence-corrected chi connectivity index (χ2v) is 9.25. The lowest BCUT2D eigenvalue weighted by Gasteiger charge is -2.29. The van der Waals surface area contributed by atoms with Crippen molar-refractivity contribution in [2.45, 2.75) is 45.1 Å². The number of anilines is 1. The number of likely N-dealkylation sites (N-methyl/N-ethyl adjacent to an activating group) is 1. The van der Waals surface area contributed by atoms with Crippen molar-refractivity contribution in [1.29, 1.82) is 0 Å². The van der Waals surface area contributed by atoms with Crippen molar-refractivity contribution in [2.24, 2.45) is 5.92 Å². The molecule has 0 bridgehead atoms. The third-order valence-corrected chi connectivity index (χ3v) is 6.58. The second kappa shape index (κ2) is 11.0. The van der Waals surface area contributed by atoms with Crippen LogP contribution in [0.3, 0.4) is 0 Å². The predicted molar refractivity (Wildman–Crippen MR) is 121 cm³/mol. The molecule has 2 fully saturated rings. The summed E-state index contributed by atoms with van der Waals surface area (Å²) in [4.78, 5) is 21.7. The van der Waals surface area contributed by atoms with E-state index in [-0.39, 0.29) is 5.91 Å². The molecule has 1 saturated heterocycles. The number of rotatable bonds is 7. The van der Waals surface area contributed by atoms with Crippen LogP contribution in [0.5, 0.6) is 0 Å². The molecule has 0 N–H and O–H groups in total. The van der Waals surface area contributed by atoms with Crippen molar-refractivity contribution in [3.63, 3.8) is 0 Å². The normalized spacial score (nSPS) is 19.7. The molecular weight excluding hydrogens is 360 g/mol. The Kier molecular flexibility index (Phi) is 8.37. The minimum atomic E-state index is 0.224. The molecule has 5 heteroatoms.